The lowest BCUT2D eigenvalue weighted by Crippen LogP contribution is -2.50. The SMILES string of the molecule is CC(C)(C)OC(=O)Nc1nc(-c2cc3ncnc(N4CCN(C(=O)OC(C)(C)C)CC4)c3cc2Cl)ccc1CC(F)(F)F. The van der Waals surface area contributed by atoms with Crippen molar-refractivity contribution in [3.05, 3.63) is 41.2 Å². The highest BCUT2D eigenvalue weighted by Gasteiger charge is 2.31. The number of hydrogen-bond donors (Lipinski definition) is 1. The molecule has 2 amide bonds. The molecule has 0 radical (unpaired) electrons. The number of hydrogen-bond acceptors (Lipinski definition) is 8. The number of nitrogens with one attached hydrogen (secondary N) is 1. The molecule has 1 saturated heterocycles. The van der Waals surface area contributed by atoms with Crippen LogP contribution in [0.1, 0.15) is 47.1 Å². The Bertz CT molecular complexity index is 1510. The van der Waals surface area contributed by atoms with E-state index in [2.05, 4.69) is 20.3 Å². The summed E-state index contributed by atoms with van der Waals surface area (Å²) in [6, 6.07) is 6.00. The number of carbonyl (C=O) groups excluding carboxylic acids is 2. The molecule has 1 N–H and O–H groups in total. The van der Waals surface area contributed by atoms with Gasteiger partial charge in [0, 0.05) is 42.7 Å². The molecule has 1 aliphatic rings. The Labute approximate surface area is 252 Å². The quantitative estimate of drug-likeness (QED) is 0.336. The molecule has 232 valence electrons. The zero-order valence-corrected chi connectivity index (χ0v) is 25.6. The Morgan fingerprint density at radius 3 is 2.21 bits per heavy atom. The minimum atomic E-state index is -4.53. The average molecular weight is 623 g/mol. The van der Waals surface area contributed by atoms with Gasteiger partial charge < -0.3 is 19.3 Å². The van der Waals surface area contributed by atoms with Crippen LogP contribution in [0.3, 0.4) is 0 Å². The number of carbonyl (C=O) groups is 2. The van der Waals surface area contributed by atoms with Crippen LogP contribution >= 0.6 is 11.6 Å². The summed E-state index contributed by atoms with van der Waals surface area (Å²) in [6.07, 6.45) is -5.73. The second kappa shape index (κ2) is 12.0. The number of anilines is 2. The molecular formula is C29H34ClF3N6O4. The lowest BCUT2D eigenvalue weighted by molar-refractivity contribution is -0.127. The van der Waals surface area contributed by atoms with Crippen molar-refractivity contribution >= 4 is 46.3 Å². The van der Waals surface area contributed by atoms with E-state index in [0.717, 1.165) is 0 Å². The van der Waals surface area contributed by atoms with Crippen LogP contribution in [-0.2, 0) is 15.9 Å². The fraction of sp³-hybridized carbons (Fsp3) is 0.483. The summed E-state index contributed by atoms with van der Waals surface area (Å²) in [7, 11) is 0. The van der Waals surface area contributed by atoms with Crippen molar-refractivity contribution in [1.29, 1.82) is 0 Å². The summed E-state index contributed by atoms with van der Waals surface area (Å²) >= 11 is 6.69. The van der Waals surface area contributed by atoms with Crippen LogP contribution < -0.4 is 10.2 Å². The van der Waals surface area contributed by atoms with E-state index in [1.54, 1.807) is 37.8 Å². The van der Waals surface area contributed by atoms with Gasteiger partial charge in [-0.1, -0.05) is 17.7 Å². The monoisotopic (exact) mass is 622 g/mol. The molecule has 0 aliphatic carbocycles. The molecule has 1 fully saturated rings. The molecule has 2 aromatic heterocycles. The van der Waals surface area contributed by atoms with Crippen LogP contribution in [0.2, 0.25) is 5.02 Å². The number of aromatic nitrogens is 3. The van der Waals surface area contributed by atoms with Gasteiger partial charge in [-0.3, -0.25) is 5.32 Å². The molecule has 4 rings (SSSR count). The molecular weight excluding hydrogens is 589 g/mol. The Morgan fingerprint density at radius 2 is 1.60 bits per heavy atom. The zero-order chi connectivity index (χ0) is 31.7. The molecule has 0 saturated carbocycles. The first-order valence-corrected chi connectivity index (χ1v) is 14.0. The Hall–Kier alpha value is -3.87. The highest BCUT2D eigenvalue weighted by molar-refractivity contribution is 6.34. The highest BCUT2D eigenvalue weighted by atomic mass is 35.5. The van der Waals surface area contributed by atoms with Crippen molar-refractivity contribution in [2.24, 2.45) is 0 Å². The third-order valence-electron chi connectivity index (χ3n) is 6.20. The normalized spacial score (nSPS) is 14.6. The van der Waals surface area contributed by atoms with Gasteiger partial charge in [-0.05, 0) is 59.7 Å². The summed E-state index contributed by atoms with van der Waals surface area (Å²) in [5, 5.41) is 3.26. The summed E-state index contributed by atoms with van der Waals surface area (Å²) in [6.45, 7) is 12.3. The molecule has 3 heterocycles. The van der Waals surface area contributed by atoms with Crippen molar-refractivity contribution in [3.8, 4) is 11.3 Å². The first kappa shape index (κ1) is 32.1. The summed E-state index contributed by atoms with van der Waals surface area (Å²) in [5.74, 6) is 0.342. The molecule has 1 aliphatic heterocycles. The first-order chi connectivity index (χ1) is 19.9. The predicted molar refractivity (Wildman–Crippen MR) is 157 cm³/mol. The Morgan fingerprint density at radius 1 is 0.953 bits per heavy atom. The number of ether oxygens (including phenoxy) is 2. The van der Waals surface area contributed by atoms with E-state index in [0.29, 0.717) is 48.5 Å². The van der Waals surface area contributed by atoms with E-state index in [4.69, 9.17) is 21.1 Å². The van der Waals surface area contributed by atoms with Crippen molar-refractivity contribution < 1.29 is 32.2 Å². The molecule has 0 bridgehead atoms. The number of rotatable bonds is 4. The van der Waals surface area contributed by atoms with Crippen molar-refractivity contribution in [2.45, 2.75) is 65.3 Å². The number of pyridine rings is 1. The van der Waals surface area contributed by atoms with E-state index >= 15 is 0 Å². The average Bonchev–Trinajstić information content (AvgIpc) is 2.86. The van der Waals surface area contributed by atoms with E-state index in [-0.39, 0.29) is 28.2 Å². The van der Waals surface area contributed by atoms with Crippen molar-refractivity contribution in [2.75, 3.05) is 36.4 Å². The van der Waals surface area contributed by atoms with Crippen LogP contribution in [0.25, 0.3) is 22.2 Å². The number of nitrogens with zero attached hydrogens (tertiary/aromatic N) is 5. The molecule has 43 heavy (non-hydrogen) atoms. The maximum Gasteiger partial charge on any atom is 0.413 e. The van der Waals surface area contributed by atoms with Gasteiger partial charge in [0.1, 0.15) is 29.2 Å². The van der Waals surface area contributed by atoms with Crippen LogP contribution in [-0.4, -0.2) is 75.6 Å². The lowest BCUT2D eigenvalue weighted by Gasteiger charge is -2.36. The summed E-state index contributed by atoms with van der Waals surface area (Å²) in [4.78, 5) is 41.7. The topological polar surface area (TPSA) is 110 Å². The number of halogens is 4. The fourth-order valence-electron chi connectivity index (χ4n) is 4.44. The van der Waals surface area contributed by atoms with Gasteiger partial charge in [-0.25, -0.2) is 24.5 Å². The van der Waals surface area contributed by atoms with Gasteiger partial charge in [0.15, 0.2) is 0 Å². The maximum atomic E-state index is 13.3. The molecule has 1 aromatic carbocycles. The lowest BCUT2D eigenvalue weighted by atomic mass is 10.1. The third-order valence-corrected chi connectivity index (χ3v) is 6.51. The van der Waals surface area contributed by atoms with Gasteiger partial charge in [0.2, 0.25) is 0 Å². The number of benzene rings is 1. The maximum absolute atomic E-state index is 13.3. The van der Waals surface area contributed by atoms with Crippen LogP contribution in [0.5, 0.6) is 0 Å². The molecule has 3 aromatic rings. The van der Waals surface area contributed by atoms with Gasteiger partial charge in [0.05, 0.1) is 22.7 Å². The number of amides is 2. The largest absolute Gasteiger partial charge is 0.444 e. The molecule has 14 heteroatoms. The molecule has 10 nitrogen and oxygen atoms in total. The number of piperazine rings is 1. The van der Waals surface area contributed by atoms with E-state index in [9.17, 15) is 22.8 Å². The number of alkyl halides is 3. The fourth-order valence-corrected chi connectivity index (χ4v) is 4.70. The standard InChI is InChI=1S/C29H34ClF3N6O4/c1-27(2,3)42-25(40)37-23-17(15-29(31,32)33)7-8-21(36-23)18-14-22-19(13-20(18)30)24(35-16-34-22)38-9-11-39(12-10-38)26(41)43-28(4,5)6/h7-8,13-14,16H,9-12,15H2,1-6H3,(H,36,37,40). The summed E-state index contributed by atoms with van der Waals surface area (Å²) < 4.78 is 50.5. The smallest absolute Gasteiger partial charge is 0.413 e. The summed E-state index contributed by atoms with van der Waals surface area (Å²) in [5.41, 5.74) is -0.524. The highest BCUT2D eigenvalue weighted by Crippen LogP contribution is 2.36. The zero-order valence-electron chi connectivity index (χ0n) is 24.8. The van der Waals surface area contributed by atoms with Crippen molar-refractivity contribution in [1.82, 2.24) is 19.9 Å². The van der Waals surface area contributed by atoms with Crippen LogP contribution in [0.4, 0.5) is 34.4 Å². The minimum Gasteiger partial charge on any atom is -0.444 e. The van der Waals surface area contributed by atoms with Gasteiger partial charge in [-0.2, -0.15) is 13.2 Å². The molecule has 0 atom stereocenters. The molecule has 0 spiro atoms. The van der Waals surface area contributed by atoms with Crippen LogP contribution in [0.15, 0.2) is 30.6 Å². The third kappa shape index (κ3) is 8.59. The minimum absolute atomic E-state index is 0.228. The van der Waals surface area contributed by atoms with Crippen LogP contribution in [0, 0.1) is 0 Å². The second-order valence-electron chi connectivity index (χ2n) is 12.1. The predicted octanol–water partition coefficient (Wildman–Crippen LogP) is 6.85. The molecule has 0 unspecified atom stereocenters. The van der Waals surface area contributed by atoms with Gasteiger partial charge in [-0.15, -0.1) is 0 Å². The van der Waals surface area contributed by atoms with E-state index < -0.39 is 29.9 Å². The van der Waals surface area contributed by atoms with E-state index in [1.165, 1.54) is 18.5 Å². The Kier molecular flexibility index (Phi) is 8.96. The van der Waals surface area contributed by atoms with Crippen molar-refractivity contribution in [3.63, 3.8) is 0 Å². The first-order valence-electron chi connectivity index (χ1n) is 13.6. The van der Waals surface area contributed by atoms with E-state index in [1.807, 2.05) is 25.7 Å². The second-order valence-corrected chi connectivity index (χ2v) is 12.5. The Balaban J connectivity index is 1.63. The van der Waals surface area contributed by atoms with Gasteiger partial charge >= 0.3 is 18.4 Å². The van der Waals surface area contributed by atoms with Gasteiger partial charge in [0.25, 0.3) is 0 Å². The number of fused-ring (bicyclic) bond motifs is 1.